The Bertz CT molecular complexity index is 698. The van der Waals surface area contributed by atoms with E-state index in [4.69, 9.17) is 10.8 Å². The van der Waals surface area contributed by atoms with Gasteiger partial charge in [-0.2, -0.15) is 0 Å². The summed E-state index contributed by atoms with van der Waals surface area (Å²) in [5.74, 6) is -1.14. The number of hydrogen-bond acceptors (Lipinski definition) is 3. The average molecular weight is 285 g/mol. The molecule has 0 saturated heterocycles. The molecule has 6 heteroatoms. The van der Waals surface area contributed by atoms with Crippen LogP contribution in [0.25, 0.3) is 0 Å². The number of hydrogen-bond donors (Lipinski definition) is 4. The van der Waals surface area contributed by atoms with Crippen molar-refractivity contribution in [2.24, 2.45) is 0 Å². The maximum atomic E-state index is 11.9. The van der Waals surface area contributed by atoms with Gasteiger partial charge in [0.2, 0.25) is 0 Å². The third-order valence-corrected chi connectivity index (χ3v) is 2.80. The summed E-state index contributed by atoms with van der Waals surface area (Å²) in [5, 5.41) is 14.2. The molecule has 0 bridgehead atoms. The number of nitrogen functional groups attached to an aromatic ring is 1. The molecule has 0 fully saturated rings. The number of benzene rings is 2. The fourth-order valence-electron chi connectivity index (χ4n) is 1.86. The standard InChI is InChI=1S/C15H15N3O3/c1-9-3-2-4-11(7-9)17-15(21)18-13-8-10(16)5-6-12(13)14(19)20/h2-8H,16H2,1H3,(H,19,20)(H2,17,18,21). The molecule has 2 aromatic carbocycles. The lowest BCUT2D eigenvalue weighted by Gasteiger charge is -2.11. The second-order valence-electron chi connectivity index (χ2n) is 4.56. The first-order valence-corrected chi connectivity index (χ1v) is 6.23. The first kappa shape index (κ1) is 14.4. The van der Waals surface area contributed by atoms with Crippen LogP contribution >= 0.6 is 0 Å². The predicted octanol–water partition coefficient (Wildman–Crippen LogP) is 2.92. The van der Waals surface area contributed by atoms with Crippen molar-refractivity contribution in [2.45, 2.75) is 6.92 Å². The maximum Gasteiger partial charge on any atom is 0.337 e. The Balaban J connectivity index is 2.16. The molecule has 0 aliphatic heterocycles. The van der Waals surface area contributed by atoms with E-state index < -0.39 is 12.0 Å². The Morgan fingerprint density at radius 2 is 1.86 bits per heavy atom. The highest BCUT2D eigenvalue weighted by Crippen LogP contribution is 2.20. The molecule has 5 N–H and O–H groups in total. The van der Waals surface area contributed by atoms with Gasteiger partial charge in [0.1, 0.15) is 0 Å². The van der Waals surface area contributed by atoms with Crippen LogP contribution in [0.15, 0.2) is 42.5 Å². The molecule has 21 heavy (non-hydrogen) atoms. The van der Waals surface area contributed by atoms with Gasteiger partial charge in [-0.15, -0.1) is 0 Å². The molecule has 0 saturated carbocycles. The van der Waals surface area contributed by atoms with Crippen LogP contribution in [0.1, 0.15) is 15.9 Å². The Labute approximate surface area is 121 Å². The summed E-state index contributed by atoms with van der Waals surface area (Å²) >= 11 is 0. The van der Waals surface area contributed by atoms with Crippen LogP contribution < -0.4 is 16.4 Å². The summed E-state index contributed by atoms with van der Waals surface area (Å²) in [6.07, 6.45) is 0. The zero-order valence-electron chi connectivity index (χ0n) is 11.4. The molecule has 2 amide bonds. The van der Waals surface area contributed by atoms with Gasteiger partial charge in [-0.3, -0.25) is 0 Å². The molecule has 2 aromatic rings. The van der Waals surface area contributed by atoms with Gasteiger partial charge in [0.05, 0.1) is 11.3 Å². The molecule has 0 aliphatic carbocycles. The summed E-state index contributed by atoms with van der Waals surface area (Å²) in [5.41, 5.74) is 7.72. The molecule has 0 atom stereocenters. The second-order valence-corrected chi connectivity index (χ2v) is 4.56. The smallest absolute Gasteiger partial charge is 0.337 e. The zero-order valence-corrected chi connectivity index (χ0v) is 11.4. The zero-order chi connectivity index (χ0) is 15.4. The lowest BCUT2D eigenvalue weighted by molar-refractivity contribution is 0.0698. The number of carbonyl (C=O) groups is 2. The minimum absolute atomic E-state index is 0.0245. The van der Waals surface area contributed by atoms with Crippen molar-refractivity contribution < 1.29 is 14.7 Å². The fraction of sp³-hybridized carbons (Fsp3) is 0.0667. The van der Waals surface area contributed by atoms with Crippen molar-refractivity contribution in [3.63, 3.8) is 0 Å². The van der Waals surface area contributed by atoms with Gasteiger partial charge < -0.3 is 21.5 Å². The van der Waals surface area contributed by atoms with Crippen LogP contribution in [0.4, 0.5) is 21.9 Å². The molecule has 108 valence electrons. The van der Waals surface area contributed by atoms with Crippen LogP contribution in [-0.2, 0) is 0 Å². The van der Waals surface area contributed by atoms with Gasteiger partial charge in [-0.05, 0) is 42.8 Å². The number of nitrogens with one attached hydrogen (secondary N) is 2. The average Bonchev–Trinajstić information content (AvgIpc) is 2.38. The van der Waals surface area contributed by atoms with Gasteiger partial charge in [-0.25, -0.2) is 9.59 Å². The number of anilines is 3. The molecule has 6 nitrogen and oxygen atoms in total. The second kappa shape index (κ2) is 5.96. The van der Waals surface area contributed by atoms with E-state index in [0.717, 1.165) is 5.56 Å². The Hall–Kier alpha value is -3.02. The summed E-state index contributed by atoms with van der Waals surface area (Å²) in [6.45, 7) is 1.91. The van der Waals surface area contributed by atoms with Crippen LogP contribution in [0.2, 0.25) is 0 Å². The topological polar surface area (TPSA) is 104 Å². The van der Waals surface area contributed by atoms with Crippen LogP contribution in [0.5, 0.6) is 0 Å². The molecular weight excluding hydrogens is 270 g/mol. The van der Waals surface area contributed by atoms with E-state index in [9.17, 15) is 9.59 Å². The third-order valence-electron chi connectivity index (χ3n) is 2.80. The van der Waals surface area contributed by atoms with Gasteiger partial charge in [0.25, 0.3) is 0 Å². The van der Waals surface area contributed by atoms with Crippen molar-refractivity contribution in [3.05, 3.63) is 53.6 Å². The van der Waals surface area contributed by atoms with Crippen molar-refractivity contribution in [1.29, 1.82) is 0 Å². The summed E-state index contributed by atoms with van der Waals surface area (Å²) in [6, 6.07) is 10.9. The Kier molecular flexibility index (Phi) is 4.08. The van der Waals surface area contributed by atoms with Crippen molar-refractivity contribution in [1.82, 2.24) is 0 Å². The maximum absolute atomic E-state index is 11.9. The first-order valence-electron chi connectivity index (χ1n) is 6.23. The summed E-state index contributed by atoms with van der Waals surface area (Å²) < 4.78 is 0. The fourth-order valence-corrected chi connectivity index (χ4v) is 1.86. The van der Waals surface area contributed by atoms with Crippen LogP contribution in [0.3, 0.4) is 0 Å². The SMILES string of the molecule is Cc1cccc(NC(=O)Nc2cc(N)ccc2C(=O)O)c1. The lowest BCUT2D eigenvalue weighted by Crippen LogP contribution is -2.21. The van der Waals surface area contributed by atoms with E-state index in [1.807, 2.05) is 19.1 Å². The van der Waals surface area contributed by atoms with E-state index in [1.54, 1.807) is 12.1 Å². The van der Waals surface area contributed by atoms with E-state index in [1.165, 1.54) is 18.2 Å². The van der Waals surface area contributed by atoms with Gasteiger partial charge in [0, 0.05) is 11.4 Å². The minimum Gasteiger partial charge on any atom is -0.478 e. The monoisotopic (exact) mass is 285 g/mol. The first-order chi connectivity index (χ1) is 9.95. The van der Waals surface area contributed by atoms with E-state index >= 15 is 0 Å². The summed E-state index contributed by atoms with van der Waals surface area (Å²) in [7, 11) is 0. The van der Waals surface area contributed by atoms with E-state index in [2.05, 4.69) is 10.6 Å². The Morgan fingerprint density at radius 1 is 1.10 bits per heavy atom. The largest absolute Gasteiger partial charge is 0.478 e. The van der Waals surface area contributed by atoms with Gasteiger partial charge in [-0.1, -0.05) is 12.1 Å². The number of carbonyl (C=O) groups excluding carboxylic acids is 1. The number of aryl methyl sites for hydroxylation is 1. The third kappa shape index (κ3) is 3.73. The number of amides is 2. The molecular formula is C15H15N3O3. The number of nitrogens with two attached hydrogens (primary N) is 1. The van der Waals surface area contributed by atoms with Crippen molar-refractivity contribution in [2.75, 3.05) is 16.4 Å². The number of carboxylic acids is 1. The summed E-state index contributed by atoms with van der Waals surface area (Å²) in [4.78, 5) is 23.0. The molecule has 0 spiro atoms. The predicted molar refractivity (Wildman–Crippen MR) is 81.6 cm³/mol. The molecule has 0 heterocycles. The quantitative estimate of drug-likeness (QED) is 0.651. The highest BCUT2D eigenvalue weighted by atomic mass is 16.4. The molecule has 0 aliphatic rings. The number of aromatic carboxylic acids is 1. The van der Waals surface area contributed by atoms with Crippen molar-refractivity contribution >= 4 is 29.1 Å². The molecule has 0 unspecified atom stereocenters. The number of carboxylic acid groups (broad SMARTS) is 1. The van der Waals surface area contributed by atoms with Gasteiger partial charge in [0.15, 0.2) is 0 Å². The van der Waals surface area contributed by atoms with E-state index in [0.29, 0.717) is 11.4 Å². The molecule has 0 radical (unpaired) electrons. The number of urea groups is 1. The van der Waals surface area contributed by atoms with Crippen molar-refractivity contribution in [3.8, 4) is 0 Å². The van der Waals surface area contributed by atoms with E-state index in [-0.39, 0.29) is 11.3 Å². The van der Waals surface area contributed by atoms with Gasteiger partial charge >= 0.3 is 12.0 Å². The molecule has 0 aromatic heterocycles. The molecule has 2 rings (SSSR count). The minimum atomic E-state index is -1.14. The Morgan fingerprint density at radius 3 is 2.52 bits per heavy atom. The highest BCUT2D eigenvalue weighted by Gasteiger charge is 2.12. The highest BCUT2D eigenvalue weighted by molar-refractivity contribution is 6.05. The van der Waals surface area contributed by atoms with Crippen LogP contribution in [-0.4, -0.2) is 17.1 Å². The van der Waals surface area contributed by atoms with Crippen LogP contribution in [0, 0.1) is 6.92 Å². The number of rotatable bonds is 3. The normalized spacial score (nSPS) is 9.95. The lowest BCUT2D eigenvalue weighted by atomic mass is 10.1.